The summed E-state index contributed by atoms with van der Waals surface area (Å²) in [5.41, 5.74) is 1.29. The van der Waals surface area contributed by atoms with Gasteiger partial charge in [0.15, 0.2) is 5.78 Å². The molecule has 1 aromatic carbocycles. The van der Waals surface area contributed by atoms with E-state index in [1.54, 1.807) is 17.9 Å². The predicted octanol–water partition coefficient (Wildman–Crippen LogP) is 3.65. The molecule has 1 unspecified atom stereocenters. The summed E-state index contributed by atoms with van der Waals surface area (Å²) in [7, 11) is 0. The Kier molecular flexibility index (Phi) is 4.42. The highest BCUT2D eigenvalue weighted by Crippen LogP contribution is 2.33. The second-order valence-electron chi connectivity index (χ2n) is 5.50. The number of carbonyl (C=O) groups is 2. The Bertz CT molecular complexity index is 510. The molecule has 108 valence electrons. The van der Waals surface area contributed by atoms with Crippen molar-refractivity contribution in [1.82, 2.24) is 0 Å². The maximum absolute atomic E-state index is 12.3. The summed E-state index contributed by atoms with van der Waals surface area (Å²) in [6.07, 6.45) is 0.797. The predicted molar refractivity (Wildman–Crippen MR) is 78.1 cm³/mol. The molecule has 0 aliphatic carbocycles. The average Bonchev–Trinajstić information content (AvgIpc) is 2.38. The number of ketones is 1. The van der Waals surface area contributed by atoms with Crippen LogP contribution < -0.4 is 4.90 Å². The lowest BCUT2D eigenvalue weighted by Crippen LogP contribution is -2.46. The third kappa shape index (κ3) is 2.84. The van der Waals surface area contributed by atoms with Crippen molar-refractivity contribution in [2.75, 3.05) is 11.5 Å². The van der Waals surface area contributed by atoms with Crippen molar-refractivity contribution in [2.24, 2.45) is 5.92 Å². The Morgan fingerprint density at radius 3 is 2.75 bits per heavy atom. The molecule has 1 aromatic rings. The van der Waals surface area contributed by atoms with Crippen molar-refractivity contribution in [3.63, 3.8) is 0 Å². The molecule has 0 radical (unpaired) electrons. The molecule has 0 bridgehead atoms. The van der Waals surface area contributed by atoms with Gasteiger partial charge in [0.05, 0.1) is 12.3 Å². The van der Waals surface area contributed by atoms with Crippen LogP contribution in [0.25, 0.3) is 0 Å². The Labute approximate surface area is 119 Å². The molecule has 0 saturated carbocycles. The summed E-state index contributed by atoms with van der Waals surface area (Å²) < 4.78 is 5.16. The first kappa shape index (κ1) is 14.6. The fraction of sp³-hybridized carbons (Fsp3) is 0.500. The molecule has 1 atom stereocenters. The van der Waals surface area contributed by atoms with E-state index in [0.29, 0.717) is 30.2 Å². The number of ether oxygens (including phenoxy) is 1. The number of hydrogen-bond donors (Lipinski definition) is 0. The van der Waals surface area contributed by atoms with Gasteiger partial charge in [0, 0.05) is 18.0 Å². The van der Waals surface area contributed by atoms with Crippen molar-refractivity contribution in [3.8, 4) is 0 Å². The minimum atomic E-state index is -0.363. The van der Waals surface area contributed by atoms with E-state index in [2.05, 4.69) is 13.8 Å². The molecule has 0 aromatic heterocycles. The van der Waals surface area contributed by atoms with Gasteiger partial charge in [-0.25, -0.2) is 4.79 Å². The maximum Gasteiger partial charge on any atom is 0.414 e. The largest absolute Gasteiger partial charge is 0.449 e. The van der Waals surface area contributed by atoms with Crippen molar-refractivity contribution in [1.29, 1.82) is 0 Å². The molecule has 2 rings (SSSR count). The van der Waals surface area contributed by atoms with Crippen LogP contribution in [0.4, 0.5) is 10.5 Å². The number of Topliss-reactive ketones (excluding diaryl/α,β-unsaturated/α-hetero) is 1. The van der Waals surface area contributed by atoms with Crippen LogP contribution >= 0.6 is 0 Å². The van der Waals surface area contributed by atoms with Gasteiger partial charge < -0.3 is 4.74 Å². The smallest absolute Gasteiger partial charge is 0.414 e. The zero-order valence-electron chi connectivity index (χ0n) is 12.3. The molecule has 0 saturated heterocycles. The van der Waals surface area contributed by atoms with Gasteiger partial charge in [0.1, 0.15) is 0 Å². The van der Waals surface area contributed by atoms with Crippen molar-refractivity contribution in [3.05, 3.63) is 29.8 Å². The van der Waals surface area contributed by atoms with Crippen molar-refractivity contribution >= 4 is 17.6 Å². The van der Waals surface area contributed by atoms with E-state index in [0.717, 1.165) is 6.42 Å². The minimum absolute atomic E-state index is 0.104. The highest BCUT2D eigenvalue weighted by atomic mass is 16.6. The summed E-state index contributed by atoms with van der Waals surface area (Å²) in [6.45, 7) is 6.30. The molecule has 0 N–H and O–H groups in total. The van der Waals surface area contributed by atoms with E-state index in [4.69, 9.17) is 4.74 Å². The molecule has 1 aliphatic rings. The fourth-order valence-electron chi connectivity index (χ4n) is 2.70. The first-order valence-corrected chi connectivity index (χ1v) is 7.12. The molecule has 1 aliphatic heterocycles. The SMILES string of the molecule is CCOC(=O)N1c2ccccc2C(=O)CC1CC(C)C. The number of para-hydroxylation sites is 1. The van der Waals surface area contributed by atoms with Gasteiger partial charge >= 0.3 is 6.09 Å². The van der Waals surface area contributed by atoms with E-state index in [1.165, 1.54) is 0 Å². The number of fused-ring (bicyclic) bond motifs is 1. The third-order valence-corrected chi connectivity index (χ3v) is 3.46. The highest BCUT2D eigenvalue weighted by Gasteiger charge is 2.36. The average molecular weight is 275 g/mol. The molecule has 20 heavy (non-hydrogen) atoms. The molecule has 0 spiro atoms. The summed E-state index contributed by atoms with van der Waals surface area (Å²) in [5.74, 6) is 0.516. The Morgan fingerprint density at radius 1 is 1.40 bits per heavy atom. The maximum atomic E-state index is 12.3. The monoisotopic (exact) mass is 275 g/mol. The molecule has 4 heteroatoms. The Balaban J connectivity index is 2.40. The van der Waals surface area contributed by atoms with E-state index < -0.39 is 0 Å². The van der Waals surface area contributed by atoms with Gasteiger partial charge in [-0.1, -0.05) is 26.0 Å². The lowest BCUT2D eigenvalue weighted by atomic mass is 9.90. The standard InChI is InChI=1S/C16H21NO3/c1-4-20-16(19)17-12(9-11(2)3)10-15(18)13-7-5-6-8-14(13)17/h5-8,11-12H,4,9-10H2,1-3H3. The number of hydrogen-bond acceptors (Lipinski definition) is 3. The second-order valence-corrected chi connectivity index (χ2v) is 5.50. The highest BCUT2D eigenvalue weighted by molar-refractivity contribution is 6.08. The lowest BCUT2D eigenvalue weighted by molar-refractivity contribution is 0.0959. The van der Waals surface area contributed by atoms with Gasteiger partial charge in [0.2, 0.25) is 0 Å². The summed E-state index contributed by atoms with van der Waals surface area (Å²) >= 11 is 0. The Morgan fingerprint density at radius 2 is 2.10 bits per heavy atom. The van der Waals surface area contributed by atoms with Crippen LogP contribution in [-0.2, 0) is 4.74 Å². The van der Waals surface area contributed by atoms with Crippen LogP contribution in [0.5, 0.6) is 0 Å². The zero-order chi connectivity index (χ0) is 14.7. The number of nitrogens with zero attached hydrogens (tertiary/aromatic N) is 1. The van der Waals surface area contributed by atoms with Crippen LogP contribution in [0, 0.1) is 5.92 Å². The van der Waals surface area contributed by atoms with E-state index in [1.807, 2.05) is 18.2 Å². The second kappa shape index (κ2) is 6.07. The van der Waals surface area contributed by atoms with Gasteiger partial charge in [-0.05, 0) is 31.4 Å². The number of benzene rings is 1. The quantitative estimate of drug-likeness (QED) is 0.846. The number of amides is 1. The molecule has 1 heterocycles. The molecule has 1 amide bonds. The van der Waals surface area contributed by atoms with Gasteiger partial charge in [-0.15, -0.1) is 0 Å². The van der Waals surface area contributed by atoms with Crippen molar-refractivity contribution < 1.29 is 14.3 Å². The lowest BCUT2D eigenvalue weighted by Gasteiger charge is -2.36. The van der Waals surface area contributed by atoms with Crippen LogP contribution in [0.15, 0.2) is 24.3 Å². The number of carbonyl (C=O) groups excluding carboxylic acids is 2. The summed E-state index contributed by atoms with van der Waals surface area (Å²) in [6, 6.07) is 7.14. The molecule has 0 fully saturated rings. The Hall–Kier alpha value is -1.84. The van der Waals surface area contributed by atoms with Gasteiger partial charge in [-0.3, -0.25) is 9.69 Å². The van der Waals surface area contributed by atoms with Gasteiger partial charge in [0.25, 0.3) is 0 Å². The van der Waals surface area contributed by atoms with Crippen molar-refractivity contribution in [2.45, 2.75) is 39.7 Å². The van der Waals surface area contributed by atoms with E-state index in [9.17, 15) is 9.59 Å². The summed E-state index contributed by atoms with van der Waals surface area (Å²) in [5, 5.41) is 0. The van der Waals surface area contributed by atoms with Crippen LogP contribution in [0.2, 0.25) is 0 Å². The molecule has 4 nitrogen and oxygen atoms in total. The van der Waals surface area contributed by atoms with Crippen LogP contribution in [0.1, 0.15) is 44.0 Å². The minimum Gasteiger partial charge on any atom is -0.449 e. The molecular weight excluding hydrogens is 254 g/mol. The first-order chi connectivity index (χ1) is 9.54. The topological polar surface area (TPSA) is 46.6 Å². The summed E-state index contributed by atoms with van der Waals surface area (Å²) in [4.78, 5) is 26.1. The van der Waals surface area contributed by atoms with Crippen LogP contribution in [-0.4, -0.2) is 24.5 Å². The first-order valence-electron chi connectivity index (χ1n) is 7.12. The molecular formula is C16H21NO3. The third-order valence-electron chi connectivity index (χ3n) is 3.46. The van der Waals surface area contributed by atoms with E-state index in [-0.39, 0.29) is 17.9 Å². The number of rotatable bonds is 3. The normalized spacial score (nSPS) is 18.1. The fourth-order valence-corrected chi connectivity index (χ4v) is 2.70. The zero-order valence-corrected chi connectivity index (χ0v) is 12.3. The van der Waals surface area contributed by atoms with Crippen LogP contribution in [0.3, 0.4) is 0 Å². The van der Waals surface area contributed by atoms with E-state index >= 15 is 0 Å². The van der Waals surface area contributed by atoms with Gasteiger partial charge in [-0.2, -0.15) is 0 Å². The number of anilines is 1.